The minimum absolute atomic E-state index is 0.0674. The molecule has 9 nitrogen and oxygen atoms in total. The van der Waals surface area contributed by atoms with Crippen molar-refractivity contribution in [2.75, 3.05) is 19.0 Å². The molecule has 0 radical (unpaired) electrons. The van der Waals surface area contributed by atoms with Crippen LogP contribution in [0.5, 0.6) is 5.88 Å². The normalized spacial score (nSPS) is 18.0. The van der Waals surface area contributed by atoms with Gasteiger partial charge in [0, 0.05) is 24.2 Å². The van der Waals surface area contributed by atoms with Gasteiger partial charge < -0.3 is 19.4 Å². The Labute approximate surface area is 196 Å². The van der Waals surface area contributed by atoms with Gasteiger partial charge in [0.2, 0.25) is 11.8 Å². The van der Waals surface area contributed by atoms with E-state index in [4.69, 9.17) is 14.5 Å². The molecule has 1 amide bonds. The van der Waals surface area contributed by atoms with E-state index in [1.807, 2.05) is 12.1 Å². The number of carbonyl (C=O) groups excluding carboxylic acids is 1. The van der Waals surface area contributed by atoms with Gasteiger partial charge in [-0.25, -0.2) is 9.97 Å². The van der Waals surface area contributed by atoms with Crippen molar-refractivity contribution in [1.82, 2.24) is 19.5 Å². The van der Waals surface area contributed by atoms with E-state index < -0.39 is 0 Å². The molecule has 5 rings (SSSR count). The van der Waals surface area contributed by atoms with Gasteiger partial charge in [0.05, 0.1) is 48.5 Å². The predicted octanol–water partition coefficient (Wildman–Crippen LogP) is 3.78. The maximum Gasteiger partial charge on any atom is 0.237 e. The minimum Gasteiger partial charge on any atom is -0.480 e. The molecule has 1 fully saturated rings. The minimum atomic E-state index is -0.224. The first-order valence-electron chi connectivity index (χ1n) is 11.2. The number of aromatic nitrogens is 4. The van der Waals surface area contributed by atoms with Gasteiger partial charge in [-0.15, -0.1) is 0 Å². The summed E-state index contributed by atoms with van der Waals surface area (Å²) >= 11 is 0. The van der Waals surface area contributed by atoms with Crippen molar-refractivity contribution in [3.05, 3.63) is 54.1 Å². The lowest BCUT2D eigenvalue weighted by molar-refractivity contribution is -0.115. The zero-order valence-electron chi connectivity index (χ0n) is 19.0. The average molecular weight is 457 g/mol. The average Bonchev–Trinajstić information content (AvgIpc) is 3.22. The zero-order valence-corrected chi connectivity index (χ0v) is 19.0. The number of pyridine rings is 2. The number of carbonyl (C=O) groups is 1. The Morgan fingerprint density at radius 3 is 3.00 bits per heavy atom. The Hall–Kier alpha value is -4.03. The Morgan fingerprint density at radius 1 is 1.32 bits per heavy atom. The topological polar surface area (TPSA) is 115 Å². The van der Waals surface area contributed by atoms with Gasteiger partial charge in [-0.2, -0.15) is 5.26 Å². The molecule has 0 bridgehead atoms. The maximum atomic E-state index is 13.1. The highest BCUT2D eigenvalue weighted by Crippen LogP contribution is 2.34. The summed E-state index contributed by atoms with van der Waals surface area (Å²) in [5.41, 5.74) is 3.43. The van der Waals surface area contributed by atoms with Gasteiger partial charge in [0.15, 0.2) is 0 Å². The Morgan fingerprint density at radius 2 is 2.21 bits per heavy atom. The number of nitriles is 1. The Balaban J connectivity index is 1.60. The van der Waals surface area contributed by atoms with Crippen LogP contribution in [0.3, 0.4) is 0 Å². The van der Waals surface area contributed by atoms with Crippen LogP contribution in [0.4, 0.5) is 5.69 Å². The molecule has 1 saturated heterocycles. The van der Waals surface area contributed by atoms with Gasteiger partial charge in [-0.3, -0.25) is 9.78 Å². The van der Waals surface area contributed by atoms with Crippen molar-refractivity contribution < 1.29 is 14.3 Å². The second-order valence-electron chi connectivity index (χ2n) is 8.38. The van der Waals surface area contributed by atoms with Crippen LogP contribution in [-0.4, -0.2) is 45.2 Å². The fourth-order valence-corrected chi connectivity index (χ4v) is 4.61. The smallest absolute Gasteiger partial charge is 0.237 e. The van der Waals surface area contributed by atoms with Crippen molar-refractivity contribution in [2.45, 2.75) is 38.3 Å². The molecule has 0 aliphatic carbocycles. The molecule has 0 saturated carbocycles. The van der Waals surface area contributed by atoms with E-state index in [9.17, 15) is 10.1 Å². The lowest BCUT2D eigenvalue weighted by Crippen LogP contribution is -2.27. The van der Waals surface area contributed by atoms with Gasteiger partial charge in [-0.1, -0.05) is 0 Å². The van der Waals surface area contributed by atoms with Crippen LogP contribution in [0.15, 0.2) is 42.7 Å². The molecule has 34 heavy (non-hydrogen) atoms. The van der Waals surface area contributed by atoms with E-state index in [1.54, 1.807) is 30.6 Å². The van der Waals surface area contributed by atoms with Crippen molar-refractivity contribution >= 4 is 33.5 Å². The molecule has 2 atom stereocenters. The third kappa shape index (κ3) is 4.04. The van der Waals surface area contributed by atoms with Crippen LogP contribution in [0.25, 0.3) is 21.9 Å². The molecule has 4 aromatic rings. The van der Waals surface area contributed by atoms with E-state index in [2.05, 4.69) is 32.8 Å². The molecular formula is C25H24N6O3. The molecular weight excluding hydrogens is 432 g/mol. The van der Waals surface area contributed by atoms with Crippen LogP contribution in [-0.2, 0) is 16.0 Å². The first-order chi connectivity index (χ1) is 16.6. The molecule has 3 aromatic heterocycles. The molecule has 1 aliphatic heterocycles. The van der Waals surface area contributed by atoms with Gasteiger partial charge in [0.1, 0.15) is 17.0 Å². The van der Waals surface area contributed by atoms with Crippen LogP contribution in [0.2, 0.25) is 0 Å². The molecule has 9 heteroatoms. The van der Waals surface area contributed by atoms with Crippen molar-refractivity contribution in [2.24, 2.45) is 0 Å². The summed E-state index contributed by atoms with van der Waals surface area (Å²) < 4.78 is 13.2. The van der Waals surface area contributed by atoms with Gasteiger partial charge in [-0.05, 0) is 50.1 Å². The lowest BCUT2D eigenvalue weighted by atomic mass is 10.0. The third-order valence-electron chi connectivity index (χ3n) is 6.10. The summed E-state index contributed by atoms with van der Waals surface area (Å²) in [6, 6.07) is 11.2. The SMILES string of the molecule is COc1ncccc1NC(=O)Cc1nc2cnc3ccc(C#N)cc3c2n1[C@@H]1CCO[C@H](C)C1. The van der Waals surface area contributed by atoms with E-state index in [0.29, 0.717) is 35.1 Å². The Kier molecular flexibility index (Phi) is 5.82. The number of fused-ring (bicyclic) bond motifs is 3. The third-order valence-corrected chi connectivity index (χ3v) is 6.10. The number of nitrogens with zero attached hydrogens (tertiary/aromatic N) is 5. The highest BCUT2D eigenvalue weighted by Gasteiger charge is 2.27. The van der Waals surface area contributed by atoms with Crippen LogP contribution in [0, 0.1) is 11.3 Å². The standard InChI is InChI=1S/C25H24N6O3/c1-15-10-17(7-9-34-15)31-22(12-23(32)30-20-4-3-8-27-25(20)33-2)29-21-14-28-19-6-5-16(13-26)11-18(19)24(21)31/h3-6,8,11,14-15,17H,7,9-10,12H2,1-2H3,(H,30,32)/t15-,17-/m1/s1. The lowest BCUT2D eigenvalue weighted by Gasteiger charge is -2.30. The van der Waals surface area contributed by atoms with Gasteiger partial charge >= 0.3 is 0 Å². The second kappa shape index (κ2) is 9.08. The number of nitrogens with one attached hydrogen (secondary N) is 1. The predicted molar refractivity (Wildman–Crippen MR) is 127 cm³/mol. The molecule has 0 spiro atoms. The van der Waals surface area contributed by atoms with E-state index in [0.717, 1.165) is 29.3 Å². The number of hydrogen-bond acceptors (Lipinski definition) is 7. The summed E-state index contributed by atoms with van der Waals surface area (Å²) in [6.07, 6.45) is 5.11. The monoisotopic (exact) mass is 456 g/mol. The zero-order chi connectivity index (χ0) is 23.7. The molecule has 172 valence electrons. The number of ether oxygens (including phenoxy) is 2. The fraction of sp³-hybridized carbons (Fsp3) is 0.320. The highest BCUT2D eigenvalue weighted by atomic mass is 16.5. The number of benzene rings is 1. The number of methoxy groups -OCH3 is 1. The largest absolute Gasteiger partial charge is 0.480 e. The van der Waals surface area contributed by atoms with E-state index in [1.165, 1.54) is 7.11 Å². The Bertz CT molecular complexity index is 1420. The summed E-state index contributed by atoms with van der Waals surface area (Å²) in [5.74, 6) is 0.769. The molecule has 4 heterocycles. The number of rotatable bonds is 5. The van der Waals surface area contributed by atoms with Crippen molar-refractivity contribution in [3.63, 3.8) is 0 Å². The van der Waals surface area contributed by atoms with Crippen molar-refractivity contribution in [1.29, 1.82) is 5.26 Å². The summed E-state index contributed by atoms with van der Waals surface area (Å²) in [6.45, 7) is 2.69. The molecule has 1 aliphatic rings. The van der Waals surface area contributed by atoms with Crippen LogP contribution >= 0.6 is 0 Å². The summed E-state index contributed by atoms with van der Waals surface area (Å²) in [5, 5.41) is 13.2. The maximum absolute atomic E-state index is 13.1. The summed E-state index contributed by atoms with van der Waals surface area (Å²) in [7, 11) is 1.51. The fourth-order valence-electron chi connectivity index (χ4n) is 4.61. The van der Waals surface area contributed by atoms with E-state index >= 15 is 0 Å². The highest BCUT2D eigenvalue weighted by molar-refractivity contribution is 6.03. The quantitative estimate of drug-likeness (QED) is 0.486. The first-order valence-corrected chi connectivity index (χ1v) is 11.2. The number of hydrogen-bond donors (Lipinski definition) is 1. The van der Waals surface area contributed by atoms with Gasteiger partial charge in [0.25, 0.3) is 0 Å². The molecule has 0 unspecified atom stereocenters. The molecule has 1 aromatic carbocycles. The first kappa shape index (κ1) is 21.8. The number of anilines is 1. The summed E-state index contributed by atoms with van der Waals surface area (Å²) in [4.78, 5) is 26.5. The van der Waals surface area contributed by atoms with Crippen LogP contribution in [0.1, 0.15) is 37.2 Å². The molecule has 1 N–H and O–H groups in total. The van der Waals surface area contributed by atoms with E-state index in [-0.39, 0.29) is 24.5 Å². The number of amides is 1. The number of imidazole rings is 1. The second-order valence-corrected chi connectivity index (χ2v) is 8.38. The van der Waals surface area contributed by atoms with Crippen LogP contribution < -0.4 is 10.1 Å². The van der Waals surface area contributed by atoms with Crippen molar-refractivity contribution in [3.8, 4) is 11.9 Å².